The van der Waals surface area contributed by atoms with Crippen molar-refractivity contribution in [1.29, 1.82) is 0 Å². The minimum atomic E-state index is -4.64. The Morgan fingerprint density at radius 3 is 2.59 bits per heavy atom. The summed E-state index contributed by atoms with van der Waals surface area (Å²) in [6.07, 6.45) is -5.42. The molecule has 0 amide bonds. The van der Waals surface area contributed by atoms with E-state index in [1.807, 2.05) is 0 Å². The van der Waals surface area contributed by atoms with Crippen LogP contribution in [0.1, 0.15) is 12.6 Å². The van der Waals surface area contributed by atoms with Crippen LogP contribution in [-0.2, 0) is 17.5 Å². The normalized spacial score (nSPS) is 15.8. The van der Waals surface area contributed by atoms with Crippen LogP contribution in [0.4, 0.5) is 13.2 Å². The second-order valence-corrected chi connectivity index (χ2v) is 10.6. The van der Waals surface area contributed by atoms with Crippen LogP contribution >= 0.6 is 55.0 Å². The first-order chi connectivity index (χ1) is 16.0. The van der Waals surface area contributed by atoms with E-state index in [0.717, 1.165) is 18.0 Å². The predicted octanol–water partition coefficient (Wildman–Crippen LogP) is 3.58. The highest BCUT2D eigenvalue weighted by Crippen LogP contribution is 2.36. The Bertz CT molecular complexity index is 1100. The number of halogens is 5. The molecule has 3 aromatic heterocycles. The van der Waals surface area contributed by atoms with Crippen LogP contribution in [0.5, 0.6) is 0 Å². The number of hydrogen-bond donors (Lipinski definition) is 3. The predicted molar refractivity (Wildman–Crippen MR) is 125 cm³/mol. The first-order valence-electron chi connectivity index (χ1n) is 9.51. The number of nitrogens with zero attached hydrogens (tertiary/aromatic N) is 5. The number of rotatable bonds is 10. The van der Waals surface area contributed by atoms with Gasteiger partial charge in [0.2, 0.25) is 0 Å². The van der Waals surface area contributed by atoms with Crippen LogP contribution in [0.25, 0.3) is 10.7 Å². The van der Waals surface area contributed by atoms with E-state index in [2.05, 4.69) is 52.1 Å². The van der Waals surface area contributed by atoms with Crippen molar-refractivity contribution in [3.63, 3.8) is 0 Å². The number of hydrogen-bond acceptors (Lipinski definition) is 10. The second kappa shape index (κ2) is 11.7. The SMILES string of the molecule is C[C@@H](O)C(CO)OC(Sc1cnc(C(F)(F)F)c(Br)c1)[C@@H](O)Cn1cc(-c2nc(Br)cs2)nn1. The maximum atomic E-state index is 13.0. The van der Waals surface area contributed by atoms with Gasteiger partial charge in [0, 0.05) is 20.9 Å². The summed E-state index contributed by atoms with van der Waals surface area (Å²) in [5.41, 5.74) is -1.70. The molecule has 3 aromatic rings. The first-order valence-corrected chi connectivity index (χ1v) is 12.9. The van der Waals surface area contributed by atoms with Crippen LogP contribution in [0.3, 0.4) is 0 Å². The average Bonchev–Trinajstić information content (AvgIpc) is 3.38. The molecule has 0 radical (unpaired) electrons. The molecule has 0 fully saturated rings. The van der Waals surface area contributed by atoms with Gasteiger partial charge in [-0.25, -0.2) is 14.6 Å². The van der Waals surface area contributed by atoms with Crippen LogP contribution in [0.15, 0.2) is 37.8 Å². The number of thiazole rings is 1. The van der Waals surface area contributed by atoms with Gasteiger partial charge in [-0.3, -0.25) is 0 Å². The van der Waals surface area contributed by atoms with Crippen molar-refractivity contribution in [1.82, 2.24) is 25.0 Å². The van der Waals surface area contributed by atoms with E-state index in [4.69, 9.17) is 4.74 Å². The minimum absolute atomic E-state index is 0.0929. The van der Waals surface area contributed by atoms with Gasteiger partial charge in [0.15, 0.2) is 5.69 Å². The number of thioether (sulfide) groups is 1. The molecule has 0 bridgehead atoms. The zero-order valence-corrected chi connectivity index (χ0v) is 22.0. The van der Waals surface area contributed by atoms with Crippen molar-refractivity contribution in [2.75, 3.05) is 6.61 Å². The van der Waals surface area contributed by atoms with E-state index in [1.165, 1.54) is 29.0 Å². The quantitative estimate of drug-likeness (QED) is 0.223. The standard InChI is InChI=1S/C18H18Br2F3N5O4S2/c1-8(30)13(6-29)32-17(34-9-2-10(19)15(24-3-9)18(21,22)23)12(31)5-28-4-11(26-27-28)16-25-14(20)7-33-16/h2-4,7-8,12-13,17,29-31H,5-6H2,1H3/t8-,12+,13?,17?/m1/s1. The largest absolute Gasteiger partial charge is 0.434 e. The lowest BCUT2D eigenvalue weighted by Crippen LogP contribution is -2.39. The molecule has 9 nitrogen and oxygen atoms in total. The summed E-state index contributed by atoms with van der Waals surface area (Å²) in [6, 6.07) is 1.20. The molecule has 16 heteroatoms. The molecular weight excluding hydrogens is 631 g/mol. The molecule has 34 heavy (non-hydrogen) atoms. The van der Waals surface area contributed by atoms with Gasteiger partial charge < -0.3 is 20.1 Å². The molecule has 0 spiro atoms. The fourth-order valence-corrected chi connectivity index (χ4v) is 5.58. The fraction of sp³-hybridized carbons (Fsp3) is 0.444. The van der Waals surface area contributed by atoms with Crippen LogP contribution in [-0.4, -0.2) is 70.6 Å². The molecule has 0 aromatic carbocycles. The molecule has 0 aliphatic heterocycles. The van der Waals surface area contributed by atoms with Gasteiger partial charge in [-0.2, -0.15) is 13.2 Å². The lowest BCUT2D eigenvalue weighted by atomic mass is 10.2. The maximum absolute atomic E-state index is 13.0. The topological polar surface area (TPSA) is 126 Å². The van der Waals surface area contributed by atoms with E-state index in [1.54, 1.807) is 11.6 Å². The third-order valence-corrected chi connectivity index (χ3v) is 7.62. The fourth-order valence-electron chi connectivity index (χ4n) is 2.64. The minimum Gasteiger partial charge on any atom is -0.394 e. The number of alkyl halides is 3. The summed E-state index contributed by atoms with van der Waals surface area (Å²) in [5, 5.41) is 40.6. The van der Waals surface area contributed by atoms with Crippen molar-refractivity contribution >= 4 is 55.0 Å². The number of aromatic nitrogens is 5. The van der Waals surface area contributed by atoms with Gasteiger partial charge in [0.25, 0.3) is 0 Å². The van der Waals surface area contributed by atoms with E-state index in [9.17, 15) is 28.5 Å². The summed E-state index contributed by atoms with van der Waals surface area (Å²) >= 11 is 8.36. The van der Waals surface area contributed by atoms with Gasteiger partial charge in [-0.05, 0) is 44.8 Å². The van der Waals surface area contributed by atoms with Gasteiger partial charge >= 0.3 is 6.18 Å². The van der Waals surface area contributed by atoms with Crippen molar-refractivity contribution < 1.29 is 33.2 Å². The third kappa shape index (κ3) is 7.19. The van der Waals surface area contributed by atoms with Crippen LogP contribution in [0.2, 0.25) is 0 Å². The van der Waals surface area contributed by atoms with Crippen molar-refractivity contribution in [3.05, 3.63) is 38.6 Å². The second-order valence-electron chi connectivity index (χ2n) is 6.95. The van der Waals surface area contributed by atoms with E-state index < -0.39 is 42.2 Å². The molecule has 3 rings (SSSR count). The lowest BCUT2D eigenvalue weighted by Gasteiger charge is -2.28. The zero-order valence-electron chi connectivity index (χ0n) is 17.2. The van der Waals surface area contributed by atoms with Gasteiger partial charge in [-0.1, -0.05) is 17.0 Å². The molecular formula is C18H18Br2F3N5O4S2. The summed E-state index contributed by atoms with van der Waals surface area (Å²) in [4.78, 5) is 7.96. The van der Waals surface area contributed by atoms with Gasteiger partial charge in [-0.15, -0.1) is 16.4 Å². The Morgan fingerprint density at radius 1 is 1.29 bits per heavy atom. The Kier molecular flexibility index (Phi) is 9.47. The smallest absolute Gasteiger partial charge is 0.394 e. The van der Waals surface area contributed by atoms with Crippen molar-refractivity contribution in [2.45, 2.75) is 48.3 Å². The highest BCUT2D eigenvalue weighted by molar-refractivity contribution is 9.10. The number of pyridine rings is 1. The summed E-state index contributed by atoms with van der Waals surface area (Å²) in [7, 11) is 0. The monoisotopic (exact) mass is 647 g/mol. The Labute approximate surface area is 216 Å². The lowest BCUT2D eigenvalue weighted by molar-refractivity contribution is -0.141. The van der Waals surface area contributed by atoms with Crippen LogP contribution < -0.4 is 0 Å². The number of aliphatic hydroxyl groups is 3. The molecule has 2 unspecified atom stereocenters. The number of aliphatic hydroxyl groups excluding tert-OH is 3. The highest BCUT2D eigenvalue weighted by atomic mass is 79.9. The summed E-state index contributed by atoms with van der Waals surface area (Å²) in [6.45, 7) is 0.772. The molecule has 3 heterocycles. The third-order valence-electron chi connectivity index (χ3n) is 4.29. The van der Waals surface area contributed by atoms with Crippen molar-refractivity contribution in [2.24, 2.45) is 0 Å². The molecule has 0 aliphatic rings. The molecule has 0 aliphatic carbocycles. The Hall–Kier alpha value is -1.14. The van der Waals surface area contributed by atoms with Gasteiger partial charge in [0.1, 0.15) is 32.9 Å². The molecule has 0 saturated heterocycles. The first kappa shape index (κ1) is 27.4. The molecule has 4 atom stereocenters. The molecule has 186 valence electrons. The molecule has 3 N–H and O–H groups in total. The Morgan fingerprint density at radius 2 is 2.03 bits per heavy atom. The maximum Gasteiger partial charge on any atom is 0.434 e. The number of ether oxygens (including phenoxy) is 1. The summed E-state index contributed by atoms with van der Waals surface area (Å²) in [5.74, 6) is 0. The highest BCUT2D eigenvalue weighted by Gasteiger charge is 2.35. The van der Waals surface area contributed by atoms with E-state index in [-0.39, 0.29) is 15.9 Å². The van der Waals surface area contributed by atoms with Crippen LogP contribution in [0, 0.1) is 0 Å². The van der Waals surface area contributed by atoms with Crippen molar-refractivity contribution in [3.8, 4) is 10.7 Å². The molecule has 0 saturated carbocycles. The van der Waals surface area contributed by atoms with E-state index in [0.29, 0.717) is 15.3 Å². The zero-order chi connectivity index (χ0) is 25.0. The average molecular weight is 649 g/mol. The van der Waals surface area contributed by atoms with E-state index >= 15 is 0 Å². The Balaban J connectivity index is 1.79. The van der Waals surface area contributed by atoms with Gasteiger partial charge in [0.05, 0.1) is 25.5 Å². The summed E-state index contributed by atoms with van der Waals surface area (Å²) < 4.78 is 46.5.